The zero-order valence-electron chi connectivity index (χ0n) is 13.3. The van der Waals surface area contributed by atoms with E-state index in [1.165, 1.54) is 7.11 Å². The maximum atomic E-state index is 11.5. The van der Waals surface area contributed by atoms with Crippen molar-refractivity contribution in [2.45, 2.75) is 19.8 Å². The molecule has 1 rings (SSSR count). The third-order valence-corrected chi connectivity index (χ3v) is 3.77. The summed E-state index contributed by atoms with van der Waals surface area (Å²) in [4.78, 5) is 10.8. The molecule has 8 heteroatoms. The summed E-state index contributed by atoms with van der Waals surface area (Å²) in [5.41, 5.74) is 1.01. The number of methoxy groups -OCH3 is 1. The van der Waals surface area contributed by atoms with Crippen LogP contribution in [-0.4, -0.2) is 47.3 Å². The van der Waals surface area contributed by atoms with Gasteiger partial charge in [-0.25, -0.2) is 0 Å². The lowest BCUT2D eigenvalue weighted by molar-refractivity contribution is -0.141. The highest BCUT2D eigenvalue weighted by Gasteiger charge is 2.12. The lowest BCUT2D eigenvalue weighted by atomic mass is 10.1. The number of rotatable bonds is 11. The molecule has 0 unspecified atom stereocenters. The molecular formula is C15H22O7S. The maximum absolute atomic E-state index is 11.5. The Hall–Kier alpha value is -1.64. The Morgan fingerprint density at radius 1 is 1.13 bits per heavy atom. The van der Waals surface area contributed by atoms with Crippen molar-refractivity contribution >= 4 is 16.1 Å². The van der Waals surface area contributed by atoms with Crippen LogP contribution in [0.5, 0.6) is 5.75 Å². The Morgan fingerprint density at radius 3 is 2.43 bits per heavy atom. The molecule has 7 nitrogen and oxygen atoms in total. The van der Waals surface area contributed by atoms with Crippen molar-refractivity contribution in [3.63, 3.8) is 0 Å². The van der Waals surface area contributed by atoms with Crippen molar-refractivity contribution in [2.24, 2.45) is 0 Å². The lowest BCUT2D eigenvalue weighted by Crippen LogP contribution is -2.16. The molecular weight excluding hydrogens is 324 g/mol. The van der Waals surface area contributed by atoms with Crippen LogP contribution in [0.2, 0.25) is 0 Å². The van der Waals surface area contributed by atoms with Crippen molar-refractivity contribution in [1.82, 2.24) is 0 Å². The first-order valence-electron chi connectivity index (χ1n) is 7.20. The van der Waals surface area contributed by atoms with Crippen molar-refractivity contribution in [2.75, 3.05) is 32.9 Å². The largest absolute Gasteiger partial charge is 0.494 e. The van der Waals surface area contributed by atoms with Crippen LogP contribution in [0.3, 0.4) is 0 Å². The van der Waals surface area contributed by atoms with Gasteiger partial charge in [0.05, 0.1) is 33.4 Å². The second-order valence-electron chi connectivity index (χ2n) is 4.56. The molecule has 0 fully saturated rings. The maximum Gasteiger partial charge on any atom is 0.307 e. The highest BCUT2D eigenvalue weighted by molar-refractivity contribution is 7.86. The van der Waals surface area contributed by atoms with E-state index in [4.69, 9.17) is 9.47 Å². The molecule has 0 heterocycles. The van der Waals surface area contributed by atoms with Crippen LogP contribution < -0.4 is 4.74 Å². The molecule has 0 saturated carbocycles. The first-order valence-corrected chi connectivity index (χ1v) is 8.78. The van der Waals surface area contributed by atoms with Gasteiger partial charge in [0.15, 0.2) is 5.94 Å². The number of carbonyl (C=O) groups is 1. The fraction of sp³-hybridized carbons (Fsp3) is 0.533. The molecule has 1 aromatic carbocycles. The summed E-state index contributed by atoms with van der Waals surface area (Å²) in [6.07, 6.45) is 0.450. The first kappa shape index (κ1) is 19.4. The predicted molar refractivity (Wildman–Crippen MR) is 83.6 cm³/mol. The average Bonchev–Trinajstić information content (AvgIpc) is 2.53. The van der Waals surface area contributed by atoms with Crippen molar-refractivity contribution in [3.8, 4) is 5.75 Å². The number of esters is 1. The minimum absolute atomic E-state index is 0.123. The predicted octanol–water partition coefficient (Wildman–Crippen LogP) is 1.51. The van der Waals surface area contributed by atoms with E-state index < -0.39 is 22.0 Å². The van der Waals surface area contributed by atoms with Crippen molar-refractivity contribution in [1.29, 1.82) is 0 Å². The third kappa shape index (κ3) is 8.53. The van der Waals surface area contributed by atoms with E-state index in [2.05, 4.69) is 8.92 Å². The summed E-state index contributed by atoms with van der Waals surface area (Å²) in [6.45, 7) is 2.51. The van der Waals surface area contributed by atoms with Crippen LogP contribution in [-0.2, 0) is 35.0 Å². The molecule has 0 aliphatic carbocycles. The van der Waals surface area contributed by atoms with E-state index in [9.17, 15) is 13.2 Å². The Kier molecular flexibility index (Phi) is 8.60. The van der Waals surface area contributed by atoms with E-state index >= 15 is 0 Å². The fourth-order valence-corrected chi connectivity index (χ4v) is 2.39. The number of ether oxygens (including phenoxy) is 3. The van der Waals surface area contributed by atoms with Crippen LogP contribution in [0.25, 0.3) is 0 Å². The summed E-state index contributed by atoms with van der Waals surface area (Å²) < 4.78 is 42.5. The second-order valence-corrected chi connectivity index (χ2v) is 6.15. The molecule has 0 aliphatic heterocycles. The molecule has 0 spiro atoms. The smallest absolute Gasteiger partial charge is 0.307 e. The van der Waals surface area contributed by atoms with Crippen LogP contribution in [0.1, 0.15) is 18.9 Å². The fourth-order valence-electron chi connectivity index (χ4n) is 1.66. The van der Waals surface area contributed by atoms with E-state index in [1.54, 1.807) is 0 Å². The zero-order chi connectivity index (χ0) is 17.1. The Balaban J connectivity index is 2.23. The highest BCUT2D eigenvalue weighted by atomic mass is 32.2. The molecule has 0 aliphatic rings. The van der Waals surface area contributed by atoms with Gasteiger partial charge in [-0.3, -0.25) is 8.98 Å². The minimum atomic E-state index is -3.80. The van der Waals surface area contributed by atoms with Gasteiger partial charge >= 0.3 is 5.97 Å². The summed E-state index contributed by atoms with van der Waals surface area (Å²) in [7, 11) is -2.58. The Labute approximate surface area is 136 Å². The molecule has 23 heavy (non-hydrogen) atoms. The van der Waals surface area contributed by atoms with Gasteiger partial charge in [-0.1, -0.05) is 12.1 Å². The van der Waals surface area contributed by atoms with E-state index in [0.29, 0.717) is 13.0 Å². The van der Waals surface area contributed by atoms with Crippen LogP contribution in [0.4, 0.5) is 0 Å². The van der Waals surface area contributed by atoms with Gasteiger partial charge in [0, 0.05) is 0 Å². The van der Waals surface area contributed by atoms with E-state index in [-0.39, 0.29) is 19.6 Å². The number of benzene rings is 1. The molecule has 130 valence electrons. The summed E-state index contributed by atoms with van der Waals surface area (Å²) >= 11 is 0. The van der Waals surface area contributed by atoms with Crippen LogP contribution in [0.15, 0.2) is 24.3 Å². The topological polar surface area (TPSA) is 88.1 Å². The molecule has 0 bridgehead atoms. The first-order chi connectivity index (χ1) is 11.0. The van der Waals surface area contributed by atoms with Crippen LogP contribution >= 0.6 is 0 Å². The monoisotopic (exact) mass is 346 g/mol. The summed E-state index contributed by atoms with van der Waals surface area (Å²) in [6, 6.07) is 7.50. The molecule has 0 N–H and O–H groups in total. The van der Waals surface area contributed by atoms with E-state index in [0.717, 1.165) is 11.3 Å². The normalized spacial score (nSPS) is 11.2. The molecule has 0 atom stereocenters. The molecule has 0 aromatic heterocycles. The Bertz CT molecular complexity index is 566. The van der Waals surface area contributed by atoms with Gasteiger partial charge in [-0.05, 0) is 31.0 Å². The lowest BCUT2D eigenvalue weighted by Gasteiger charge is -2.07. The SMILES string of the molecule is CCOc1ccc(CCOCS(=O)(=O)OCCC(=O)OC)cc1. The van der Waals surface area contributed by atoms with Gasteiger partial charge in [-0.15, -0.1) is 0 Å². The average molecular weight is 346 g/mol. The van der Waals surface area contributed by atoms with Gasteiger partial charge < -0.3 is 14.2 Å². The van der Waals surface area contributed by atoms with Gasteiger partial charge in [-0.2, -0.15) is 8.42 Å². The molecule has 0 amide bonds. The number of hydrogen-bond donors (Lipinski definition) is 0. The van der Waals surface area contributed by atoms with Crippen molar-refractivity contribution in [3.05, 3.63) is 29.8 Å². The summed E-state index contributed by atoms with van der Waals surface area (Å²) in [5, 5.41) is 0. The second kappa shape index (κ2) is 10.2. The number of carbonyl (C=O) groups excluding carboxylic acids is 1. The van der Waals surface area contributed by atoms with Gasteiger partial charge in [0.25, 0.3) is 10.1 Å². The van der Waals surface area contributed by atoms with Crippen LogP contribution in [0, 0.1) is 0 Å². The Morgan fingerprint density at radius 2 is 1.83 bits per heavy atom. The van der Waals surface area contributed by atoms with Crippen molar-refractivity contribution < 1.29 is 31.6 Å². The minimum Gasteiger partial charge on any atom is -0.494 e. The third-order valence-electron chi connectivity index (χ3n) is 2.79. The molecule has 0 radical (unpaired) electrons. The standard InChI is InChI=1S/C15H22O7S/c1-3-21-14-6-4-13(5-7-14)8-10-20-12-23(17,18)22-11-9-15(16)19-2/h4-7H,3,8-12H2,1-2H3. The highest BCUT2D eigenvalue weighted by Crippen LogP contribution is 2.12. The zero-order valence-corrected chi connectivity index (χ0v) is 14.1. The van der Waals surface area contributed by atoms with Gasteiger partial charge in [0.1, 0.15) is 5.75 Å². The quantitative estimate of drug-likeness (QED) is 0.341. The molecule has 1 aromatic rings. The summed E-state index contributed by atoms with van der Waals surface area (Å²) in [5.74, 6) is -0.291. The van der Waals surface area contributed by atoms with E-state index in [1.807, 2.05) is 31.2 Å². The van der Waals surface area contributed by atoms with Gasteiger partial charge in [0.2, 0.25) is 0 Å². The molecule has 0 saturated heterocycles. The number of hydrogen-bond acceptors (Lipinski definition) is 7.